The number of benzene rings is 1. The third-order valence-corrected chi connectivity index (χ3v) is 2.22. The number of anilines is 1. The second kappa shape index (κ2) is 3.49. The second-order valence-electron chi connectivity index (χ2n) is 3.14. The number of hydrogen-bond acceptors (Lipinski definition) is 4. The summed E-state index contributed by atoms with van der Waals surface area (Å²) in [5.41, 5.74) is 5.89. The molecule has 0 fully saturated rings. The Morgan fingerprint density at radius 3 is 2.57 bits per heavy atom. The van der Waals surface area contributed by atoms with Gasteiger partial charge in [0.1, 0.15) is 0 Å². The van der Waals surface area contributed by atoms with Crippen molar-refractivity contribution in [2.75, 3.05) is 5.01 Å². The van der Waals surface area contributed by atoms with E-state index in [9.17, 15) is 0 Å². The monoisotopic (exact) mass is 188 g/mol. The van der Waals surface area contributed by atoms with Gasteiger partial charge in [-0.15, -0.1) is 5.11 Å². The summed E-state index contributed by atoms with van der Waals surface area (Å²) < 4.78 is 0. The SMILES string of the molecule is CC1=C(C)N(c2ccccc2)NN=N1. The molecule has 4 nitrogen and oxygen atoms in total. The van der Waals surface area contributed by atoms with Crippen LogP contribution in [0.15, 0.2) is 52.1 Å². The van der Waals surface area contributed by atoms with Gasteiger partial charge in [0.2, 0.25) is 0 Å². The molecule has 1 aromatic rings. The Bertz CT molecular complexity index is 380. The molecule has 1 aliphatic rings. The predicted molar refractivity (Wildman–Crippen MR) is 55.3 cm³/mol. The van der Waals surface area contributed by atoms with Gasteiger partial charge in [0.25, 0.3) is 0 Å². The van der Waals surface area contributed by atoms with Crippen molar-refractivity contribution in [2.45, 2.75) is 13.8 Å². The molecule has 0 radical (unpaired) electrons. The molecule has 4 heteroatoms. The lowest BCUT2D eigenvalue weighted by atomic mass is 10.3. The van der Waals surface area contributed by atoms with E-state index in [1.807, 2.05) is 49.2 Å². The molecule has 0 bridgehead atoms. The molecular weight excluding hydrogens is 176 g/mol. The first-order valence-corrected chi connectivity index (χ1v) is 4.48. The quantitative estimate of drug-likeness (QED) is 0.735. The highest BCUT2D eigenvalue weighted by Crippen LogP contribution is 2.21. The third kappa shape index (κ3) is 1.46. The highest BCUT2D eigenvalue weighted by molar-refractivity contribution is 5.50. The zero-order chi connectivity index (χ0) is 9.97. The number of para-hydroxylation sites is 1. The van der Waals surface area contributed by atoms with Gasteiger partial charge in [-0.05, 0) is 26.0 Å². The van der Waals surface area contributed by atoms with Gasteiger partial charge in [-0.1, -0.05) is 23.4 Å². The Morgan fingerprint density at radius 2 is 1.86 bits per heavy atom. The van der Waals surface area contributed by atoms with E-state index < -0.39 is 0 Å². The van der Waals surface area contributed by atoms with Gasteiger partial charge in [-0.3, -0.25) is 0 Å². The highest BCUT2D eigenvalue weighted by atomic mass is 15.7. The van der Waals surface area contributed by atoms with Crippen molar-refractivity contribution in [2.24, 2.45) is 10.3 Å². The Balaban J connectivity index is 2.34. The summed E-state index contributed by atoms with van der Waals surface area (Å²) in [5.74, 6) is 0. The molecule has 0 spiro atoms. The molecule has 2 rings (SSSR count). The zero-order valence-corrected chi connectivity index (χ0v) is 8.23. The predicted octanol–water partition coefficient (Wildman–Crippen LogP) is 2.63. The number of nitrogens with zero attached hydrogens (tertiary/aromatic N) is 3. The molecule has 1 aliphatic heterocycles. The number of allylic oxidation sites excluding steroid dienone is 2. The van der Waals surface area contributed by atoms with Crippen LogP contribution in [-0.2, 0) is 0 Å². The fourth-order valence-corrected chi connectivity index (χ4v) is 1.28. The fraction of sp³-hybridized carbons (Fsp3) is 0.200. The third-order valence-electron chi connectivity index (χ3n) is 2.22. The Morgan fingerprint density at radius 1 is 1.14 bits per heavy atom. The Labute approximate surface area is 82.9 Å². The first-order valence-electron chi connectivity index (χ1n) is 4.48. The van der Waals surface area contributed by atoms with Crippen molar-refractivity contribution < 1.29 is 0 Å². The highest BCUT2D eigenvalue weighted by Gasteiger charge is 2.12. The van der Waals surface area contributed by atoms with Gasteiger partial charge in [-0.2, -0.15) is 5.53 Å². The maximum Gasteiger partial charge on any atom is 0.0829 e. The molecule has 1 heterocycles. The van der Waals surface area contributed by atoms with Crippen LogP contribution in [0.4, 0.5) is 5.69 Å². The van der Waals surface area contributed by atoms with Crippen LogP contribution in [0.2, 0.25) is 0 Å². The number of hydrogen-bond donors (Lipinski definition) is 1. The average Bonchev–Trinajstić information content (AvgIpc) is 2.23. The second-order valence-corrected chi connectivity index (χ2v) is 3.14. The van der Waals surface area contributed by atoms with Crippen LogP contribution < -0.4 is 10.5 Å². The van der Waals surface area contributed by atoms with Crippen LogP contribution in [0.25, 0.3) is 0 Å². The molecule has 0 saturated heterocycles. The lowest BCUT2D eigenvalue weighted by Gasteiger charge is -2.26. The summed E-state index contributed by atoms with van der Waals surface area (Å²) in [4.78, 5) is 0. The van der Waals surface area contributed by atoms with Crippen LogP contribution in [0.3, 0.4) is 0 Å². The van der Waals surface area contributed by atoms with E-state index in [0.29, 0.717) is 0 Å². The van der Waals surface area contributed by atoms with Gasteiger partial charge in [0.15, 0.2) is 0 Å². The molecule has 72 valence electrons. The molecule has 1 N–H and O–H groups in total. The van der Waals surface area contributed by atoms with Gasteiger partial charge in [-0.25, -0.2) is 5.01 Å². The number of nitrogens with one attached hydrogen (secondary N) is 1. The normalized spacial score (nSPS) is 15.7. The largest absolute Gasteiger partial charge is 0.242 e. The van der Waals surface area contributed by atoms with E-state index >= 15 is 0 Å². The number of rotatable bonds is 1. The van der Waals surface area contributed by atoms with Gasteiger partial charge < -0.3 is 0 Å². The van der Waals surface area contributed by atoms with Crippen LogP contribution in [0.1, 0.15) is 13.8 Å². The van der Waals surface area contributed by atoms with Crippen molar-refractivity contribution in [1.29, 1.82) is 0 Å². The molecule has 0 unspecified atom stereocenters. The van der Waals surface area contributed by atoms with Gasteiger partial charge >= 0.3 is 0 Å². The lowest BCUT2D eigenvalue weighted by Crippen LogP contribution is -2.34. The molecule has 14 heavy (non-hydrogen) atoms. The van der Waals surface area contributed by atoms with Gasteiger partial charge in [0, 0.05) is 0 Å². The molecule has 1 aromatic carbocycles. The molecule has 0 amide bonds. The fourth-order valence-electron chi connectivity index (χ4n) is 1.28. The minimum atomic E-state index is 0.924. The van der Waals surface area contributed by atoms with Crippen LogP contribution in [0.5, 0.6) is 0 Å². The smallest absolute Gasteiger partial charge is 0.0829 e. The van der Waals surface area contributed by atoms with Crippen LogP contribution >= 0.6 is 0 Å². The van der Waals surface area contributed by atoms with Crippen LogP contribution in [0, 0.1) is 0 Å². The van der Waals surface area contributed by atoms with Crippen molar-refractivity contribution in [1.82, 2.24) is 5.53 Å². The van der Waals surface area contributed by atoms with Crippen molar-refractivity contribution in [3.63, 3.8) is 0 Å². The maximum atomic E-state index is 3.94. The zero-order valence-electron chi connectivity index (χ0n) is 8.23. The summed E-state index contributed by atoms with van der Waals surface area (Å²) in [7, 11) is 0. The van der Waals surface area contributed by atoms with Gasteiger partial charge in [0.05, 0.1) is 17.1 Å². The standard InChI is InChI=1S/C10H12N4/c1-8-9(2)14(13-12-11-8)10-6-4-3-5-7-10/h3-7H,1-2H3,(H,11,13). The molecule has 0 aliphatic carbocycles. The van der Waals surface area contributed by atoms with Crippen molar-refractivity contribution in [3.8, 4) is 0 Å². The maximum absolute atomic E-state index is 3.94. The van der Waals surface area contributed by atoms with E-state index in [0.717, 1.165) is 17.1 Å². The molecular formula is C10H12N4. The average molecular weight is 188 g/mol. The number of hydrazine groups is 1. The Kier molecular flexibility index (Phi) is 2.18. The molecule has 0 saturated carbocycles. The molecule has 0 aromatic heterocycles. The first-order chi connectivity index (χ1) is 6.79. The summed E-state index contributed by atoms with van der Waals surface area (Å²) in [6, 6.07) is 10.0. The molecule has 0 atom stereocenters. The Hall–Kier alpha value is -1.84. The van der Waals surface area contributed by atoms with E-state index in [2.05, 4.69) is 15.9 Å². The minimum Gasteiger partial charge on any atom is -0.242 e. The van der Waals surface area contributed by atoms with E-state index in [1.54, 1.807) is 0 Å². The van der Waals surface area contributed by atoms with E-state index in [-0.39, 0.29) is 0 Å². The van der Waals surface area contributed by atoms with Crippen LogP contribution in [-0.4, -0.2) is 0 Å². The summed E-state index contributed by atoms with van der Waals surface area (Å²) >= 11 is 0. The summed E-state index contributed by atoms with van der Waals surface area (Å²) in [6.07, 6.45) is 0. The van der Waals surface area contributed by atoms with E-state index in [1.165, 1.54) is 0 Å². The van der Waals surface area contributed by atoms with Crippen molar-refractivity contribution >= 4 is 5.69 Å². The topological polar surface area (TPSA) is 40.0 Å². The van der Waals surface area contributed by atoms with E-state index in [4.69, 9.17) is 0 Å². The van der Waals surface area contributed by atoms with Crippen molar-refractivity contribution in [3.05, 3.63) is 41.7 Å². The minimum absolute atomic E-state index is 0.924. The lowest BCUT2D eigenvalue weighted by molar-refractivity contribution is 0.639. The first kappa shape index (κ1) is 8.74. The summed E-state index contributed by atoms with van der Waals surface area (Å²) in [6.45, 7) is 3.95. The summed E-state index contributed by atoms with van der Waals surface area (Å²) in [5, 5.41) is 9.65.